The summed E-state index contributed by atoms with van der Waals surface area (Å²) in [5.41, 5.74) is 2.28. The van der Waals surface area contributed by atoms with Crippen LogP contribution in [0.4, 0.5) is 37.5 Å². The fraction of sp³-hybridized carbons (Fsp3) is 0.0435. The van der Waals surface area contributed by atoms with E-state index >= 15 is 0 Å². The van der Waals surface area contributed by atoms with Gasteiger partial charge in [-0.15, -0.1) is 0 Å². The van der Waals surface area contributed by atoms with Gasteiger partial charge in [0.1, 0.15) is 29.6 Å². The minimum atomic E-state index is -0.649. The lowest BCUT2D eigenvalue weighted by molar-refractivity contribution is 0.102. The van der Waals surface area contributed by atoms with Gasteiger partial charge in [0.2, 0.25) is 0 Å². The quantitative estimate of drug-likeness (QED) is 0.196. The Balaban J connectivity index is 1.46. The SMILES string of the molecule is O=C(Nc1cccc(Nc2cc(Nc3ccc(F)c(CI)c3)ncn2)c1)c1cnccc1F. The van der Waals surface area contributed by atoms with Gasteiger partial charge in [0, 0.05) is 39.9 Å². The topological polar surface area (TPSA) is 91.8 Å². The number of benzene rings is 2. The molecular weight excluding hydrogens is 541 g/mol. The Morgan fingerprint density at radius 1 is 0.879 bits per heavy atom. The zero-order chi connectivity index (χ0) is 23.2. The van der Waals surface area contributed by atoms with E-state index in [4.69, 9.17) is 0 Å². The zero-order valence-electron chi connectivity index (χ0n) is 17.0. The fourth-order valence-corrected chi connectivity index (χ4v) is 3.55. The second kappa shape index (κ2) is 10.3. The molecule has 0 atom stereocenters. The van der Waals surface area contributed by atoms with Gasteiger partial charge in [-0.05, 0) is 48.0 Å². The number of carbonyl (C=O) groups excluding carboxylic acids is 1. The van der Waals surface area contributed by atoms with Crippen LogP contribution in [-0.2, 0) is 4.43 Å². The minimum Gasteiger partial charge on any atom is -0.340 e. The number of nitrogens with one attached hydrogen (secondary N) is 3. The van der Waals surface area contributed by atoms with Crippen molar-refractivity contribution in [2.24, 2.45) is 0 Å². The summed E-state index contributed by atoms with van der Waals surface area (Å²) < 4.78 is 28.1. The summed E-state index contributed by atoms with van der Waals surface area (Å²) in [4.78, 5) is 24.5. The molecule has 3 N–H and O–H groups in total. The number of alkyl halides is 1. The molecule has 4 aromatic rings. The molecule has 0 aliphatic heterocycles. The molecule has 10 heteroatoms. The number of halogens is 3. The number of amides is 1. The van der Waals surface area contributed by atoms with E-state index in [1.54, 1.807) is 42.5 Å². The van der Waals surface area contributed by atoms with Crippen molar-refractivity contribution in [3.63, 3.8) is 0 Å². The molecular formula is C23H17F2IN6O. The highest BCUT2D eigenvalue weighted by Gasteiger charge is 2.12. The lowest BCUT2D eigenvalue weighted by Crippen LogP contribution is -2.14. The van der Waals surface area contributed by atoms with E-state index in [1.807, 2.05) is 0 Å². The Kier molecular flexibility index (Phi) is 7.03. The van der Waals surface area contributed by atoms with Crippen molar-refractivity contribution in [1.82, 2.24) is 15.0 Å². The molecule has 2 aromatic carbocycles. The van der Waals surface area contributed by atoms with Crippen molar-refractivity contribution >= 4 is 57.2 Å². The number of nitrogens with zero attached hydrogens (tertiary/aromatic N) is 3. The van der Waals surface area contributed by atoms with Crippen LogP contribution in [0.3, 0.4) is 0 Å². The molecule has 1 amide bonds. The highest BCUT2D eigenvalue weighted by Crippen LogP contribution is 2.23. The molecule has 0 bridgehead atoms. The van der Waals surface area contributed by atoms with Gasteiger partial charge < -0.3 is 16.0 Å². The van der Waals surface area contributed by atoms with Gasteiger partial charge in [0.25, 0.3) is 5.91 Å². The fourth-order valence-electron chi connectivity index (χ4n) is 2.96. The lowest BCUT2D eigenvalue weighted by Gasteiger charge is -2.11. The number of hydrogen-bond donors (Lipinski definition) is 3. The molecule has 166 valence electrons. The van der Waals surface area contributed by atoms with E-state index in [2.05, 4.69) is 53.5 Å². The molecule has 0 spiro atoms. The van der Waals surface area contributed by atoms with E-state index in [-0.39, 0.29) is 11.4 Å². The van der Waals surface area contributed by atoms with Crippen LogP contribution in [0.2, 0.25) is 0 Å². The highest BCUT2D eigenvalue weighted by molar-refractivity contribution is 14.1. The van der Waals surface area contributed by atoms with Gasteiger partial charge in [0.15, 0.2) is 0 Å². The molecule has 0 aliphatic rings. The van der Waals surface area contributed by atoms with Gasteiger partial charge in [-0.3, -0.25) is 9.78 Å². The number of hydrogen-bond acceptors (Lipinski definition) is 6. The number of anilines is 5. The molecule has 2 aromatic heterocycles. The maximum absolute atomic E-state index is 13.8. The molecule has 0 fully saturated rings. The summed E-state index contributed by atoms with van der Waals surface area (Å²) in [5, 5.41) is 8.92. The smallest absolute Gasteiger partial charge is 0.260 e. The van der Waals surface area contributed by atoms with Crippen LogP contribution in [-0.4, -0.2) is 20.9 Å². The summed E-state index contributed by atoms with van der Waals surface area (Å²) in [7, 11) is 0. The first kappa shape index (κ1) is 22.5. The molecule has 0 radical (unpaired) electrons. The second-order valence-corrected chi connectivity index (χ2v) is 7.63. The minimum absolute atomic E-state index is 0.145. The Morgan fingerprint density at radius 3 is 2.33 bits per heavy atom. The number of rotatable bonds is 7. The third kappa shape index (κ3) is 5.77. The molecule has 0 aliphatic carbocycles. The maximum Gasteiger partial charge on any atom is 0.260 e. The van der Waals surface area contributed by atoms with Crippen LogP contribution in [0, 0.1) is 11.6 Å². The van der Waals surface area contributed by atoms with Crippen molar-refractivity contribution < 1.29 is 13.6 Å². The Morgan fingerprint density at radius 2 is 1.61 bits per heavy atom. The molecule has 2 heterocycles. The van der Waals surface area contributed by atoms with E-state index < -0.39 is 11.7 Å². The van der Waals surface area contributed by atoms with Gasteiger partial charge in [-0.2, -0.15) is 0 Å². The Bertz CT molecular complexity index is 1300. The number of aromatic nitrogens is 3. The van der Waals surface area contributed by atoms with Crippen LogP contribution in [0.25, 0.3) is 0 Å². The third-order valence-electron chi connectivity index (χ3n) is 4.53. The van der Waals surface area contributed by atoms with Gasteiger partial charge >= 0.3 is 0 Å². The Labute approximate surface area is 201 Å². The summed E-state index contributed by atoms with van der Waals surface area (Å²) in [6.45, 7) is 0. The molecule has 0 saturated heterocycles. The molecule has 33 heavy (non-hydrogen) atoms. The van der Waals surface area contributed by atoms with Crippen molar-refractivity contribution in [1.29, 1.82) is 0 Å². The van der Waals surface area contributed by atoms with Crippen LogP contribution < -0.4 is 16.0 Å². The number of carbonyl (C=O) groups is 1. The first-order chi connectivity index (χ1) is 16.0. The number of pyridine rings is 1. The Hall–Kier alpha value is -3.67. The highest BCUT2D eigenvalue weighted by atomic mass is 127. The summed E-state index contributed by atoms with van der Waals surface area (Å²) in [6, 6.07) is 14.5. The summed E-state index contributed by atoms with van der Waals surface area (Å²) in [6.07, 6.45) is 3.84. The average molecular weight is 558 g/mol. The van der Waals surface area contributed by atoms with Crippen molar-refractivity contribution in [2.45, 2.75) is 4.43 Å². The first-order valence-electron chi connectivity index (χ1n) is 9.73. The van der Waals surface area contributed by atoms with Crippen molar-refractivity contribution in [3.8, 4) is 0 Å². The van der Waals surface area contributed by atoms with E-state index in [0.29, 0.717) is 38.7 Å². The first-order valence-corrected chi connectivity index (χ1v) is 11.3. The molecule has 4 rings (SSSR count). The predicted octanol–water partition coefficient (Wildman–Crippen LogP) is 5.82. The molecule has 7 nitrogen and oxygen atoms in total. The van der Waals surface area contributed by atoms with E-state index in [9.17, 15) is 13.6 Å². The predicted molar refractivity (Wildman–Crippen MR) is 131 cm³/mol. The summed E-state index contributed by atoms with van der Waals surface area (Å²) in [5.74, 6) is -0.472. The monoisotopic (exact) mass is 558 g/mol. The van der Waals surface area contributed by atoms with Gasteiger partial charge in [-0.1, -0.05) is 28.7 Å². The standard InChI is InChI=1S/C23H17F2IN6O/c24-19-5-4-17(8-14(19)11-26)31-22-10-21(28-13-29-22)30-15-2-1-3-16(9-15)32-23(33)18-12-27-7-6-20(18)25/h1-10,12-13H,11H2,(H,32,33)(H2,28,29,30,31). The summed E-state index contributed by atoms with van der Waals surface area (Å²) >= 11 is 2.11. The van der Waals surface area contributed by atoms with Crippen LogP contribution in [0.1, 0.15) is 15.9 Å². The third-order valence-corrected chi connectivity index (χ3v) is 5.36. The van der Waals surface area contributed by atoms with Crippen LogP contribution in [0.5, 0.6) is 0 Å². The van der Waals surface area contributed by atoms with Crippen molar-refractivity contribution in [3.05, 3.63) is 96.1 Å². The largest absolute Gasteiger partial charge is 0.340 e. The second-order valence-electron chi connectivity index (χ2n) is 6.87. The van der Waals surface area contributed by atoms with E-state index in [1.165, 1.54) is 24.8 Å². The average Bonchev–Trinajstić information content (AvgIpc) is 2.81. The normalized spacial score (nSPS) is 10.5. The zero-order valence-corrected chi connectivity index (χ0v) is 19.2. The molecule has 0 unspecified atom stereocenters. The van der Waals surface area contributed by atoms with Crippen LogP contribution in [0.15, 0.2) is 73.3 Å². The van der Waals surface area contributed by atoms with Gasteiger partial charge in [-0.25, -0.2) is 18.7 Å². The van der Waals surface area contributed by atoms with Crippen molar-refractivity contribution in [2.75, 3.05) is 16.0 Å². The van der Waals surface area contributed by atoms with Crippen LogP contribution >= 0.6 is 22.6 Å². The van der Waals surface area contributed by atoms with Gasteiger partial charge in [0.05, 0.1) is 5.56 Å². The lowest BCUT2D eigenvalue weighted by atomic mass is 10.2. The maximum atomic E-state index is 13.8. The molecule has 0 saturated carbocycles. The van der Waals surface area contributed by atoms with E-state index in [0.717, 1.165) is 6.07 Å².